The topological polar surface area (TPSA) is 115 Å². The molecule has 3 N–H and O–H groups in total. The molecule has 8 heteroatoms. The van der Waals surface area contributed by atoms with Gasteiger partial charge in [0.1, 0.15) is 5.69 Å². The average molecular weight is 306 g/mol. The zero-order valence-electron chi connectivity index (χ0n) is 11.5. The summed E-state index contributed by atoms with van der Waals surface area (Å²) < 4.78 is 22.9. The highest BCUT2D eigenvalue weighted by atomic mass is 32.2. The summed E-state index contributed by atoms with van der Waals surface area (Å²) in [5.41, 5.74) is 1.96. The van der Waals surface area contributed by atoms with Gasteiger partial charge in [-0.1, -0.05) is 0 Å². The van der Waals surface area contributed by atoms with Gasteiger partial charge in [-0.15, -0.1) is 0 Å². The van der Waals surface area contributed by atoms with Crippen LogP contribution in [0.1, 0.15) is 21.6 Å². The lowest BCUT2D eigenvalue weighted by Gasteiger charge is -2.12. The first kappa shape index (κ1) is 15.1. The van der Waals surface area contributed by atoms with Gasteiger partial charge in [-0.05, 0) is 37.1 Å². The van der Waals surface area contributed by atoms with Gasteiger partial charge in [0.2, 0.25) is 10.0 Å². The van der Waals surface area contributed by atoms with Crippen LogP contribution in [0.2, 0.25) is 0 Å². The maximum absolute atomic E-state index is 12.0. The Morgan fingerprint density at radius 1 is 1.24 bits per heavy atom. The number of hydrogen-bond acceptors (Lipinski definition) is 5. The summed E-state index contributed by atoms with van der Waals surface area (Å²) in [6, 6.07) is 2.79. The van der Waals surface area contributed by atoms with E-state index in [1.165, 1.54) is 30.7 Å². The first-order valence-corrected chi connectivity index (χ1v) is 7.55. The number of nitrogens with zero attached hydrogens (tertiary/aromatic N) is 2. The molecule has 1 aromatic carbocycles. The molecule has 2 aromatic rings. The van der Waals surface area contributed by atoms with Gasteiger partial charge in [0, 0.05) is 18.1 Å². The van der Waals surface area contributed by atoms with Gasteiger partial charge in [0.15, 0.2) is 0 Å². The van der Waals surface area contributed by atoms with E-state index in [0.29, 0.717) is 11.3 Å². The number of amides is 1. The van der Waals surface area contributed by atoms with Gasteiger partial charge in [0.25, 0.3) is 5.91 Å². The molecular formula is C13H14N4O3S. The maximum Gasteiger partial charge on any atom is 0.275 e. The van der Waals surface area contributed by atoms with E-state index in [0.717, 1.165) is 5.56 Å². The number of anilines is 1. The second kappa shape index (κ2) is 5.58. The average Bonchev–Trinajstić information content (AvgIpc) is 2.43. The highest BCUT2D eigenvalue weighted by molar-refractivity contribution is 7.89. The SMILES string of the molecule is Cc1cc(S(N)(=O)=O)cc(NC(=O)c2cnccn2)c1C. The van der Waals surface area contributed by atoms with Gasteiger partial charge in [-0.3, -0.25) is 9.78 Å². The summed E-state index contributed by atoms with van der Waals surface area (Å²) in [7, 11) is -3.84. The highest BCUT2D eigenvalue weighted by Crippen LogP contribution is 2.23. The van der Waals surface area contributed by atoms with Crippen molar-refractivity contribution in [2.75, 3.05) is 5.32 Å². The molecule has 0 aliphatic carbocycles. The van der Waals surface area contributed by atoms with Gasteiger partial charge < -0.3 is 5.32 Å². The fraction of sp³-hybridized carbons (Fsp3) is 0.154. The van der Waals surface area contributed by atoms with Crippen molar-refractivity contribution in [3.8, 4) is 0 Å². The van der Waals surface area contributed by atoms with Crippen LogP contribution < -0.4 is 10.5 Å². The van der Waals surface area contributed by atoms with Crippen LogP contribution in [-0.4, -0.2) is 24.3 Å². The molecule has 0 fully saturated rings. The van der Waals surface area contributed by atoms with Crippen LogP contribution in [0, 0.1) is 13.8 Å². The van der Waals surface area contributed by atoms with Crippen LogP contribution in [0.15, 0.2) is 35.6 Å². The van der Waals surface area contributed by atoms with Crippen LogP contribution in [-0.2, 0) is 10.0 Å². The van der Waals surface area contributed by atoms with Gasteiger partial charge >= 0.3 is 0 Å². The van der Waals surface area contributed by atoms with E-state index >= 15 is 0 Å². The van der Waals surface area contributed by atoms with E-state index in [1.54, 1.807) is 13.8 Å². The number of primary sulfonamides is 1. The number of carbonyl (C=O) groups is 1. The molecule has 0 aliphatic rings. The summed E-state index contributed by atoms with van der Waals surface area (Å²) in [5, 5.41) is 7.74. The normalized spacial score (nSPS) is 11.2. The van der Waals surface area contributed by atoms with Crippen molar-refractivity contribution in [1.29, 1.82) is 0 Å². The molecule has 0 saturated carbocycles. The molecule has 2 rings (SSSR count). The second-order valence-corrected chi connectivity index (χ2v) is 6.06. The van der Waals surface area contributed by atoms with E-state index in [1.807, 2.05) is 0 Å². The molecule has 0 saturated heterocycles. The van der Waals surface area contributed by atoms with Crippen LogP contribution in [0.3, 0.4) is 0 Å². The number of carbonyl (C=O) groups excluding carboxylic acids is 1. The number of hydrogen-bond donors (Lipinski definition) is 2. The quantitative estimate of drug-likeness (QED) is 0.877. The van der Waals surface area contributed by atoms with Gasteiger partial charge in [-0.25, -0.2) is 18.5 Å². The third-order valence-corrected chi connectivity index (χ3v) is 3.91. The summed E-state index contributed by atoms with van der Waals surface area (Å²) in [4.78, 5) is 19.7. The van der Waals surface area contributed by atoms with Crippen molar-refractivity contribution < 1.29 is 13.2 Å². The monoisotopic (exact) mass is 306 g/mol. The molecule has 1 amide bonds. The van der Waals surface area contributed by atoms with E-state index < -0.39 is 15.9 Å². The third-order valence-electron chi connectivity index (χ3n) is 3.01. The zero-order chi connectivity index (χ0) is 15.6. The molecule has 1 aromatic heterocycles. The Kier molecular flexibility index (Phi) is 4.01. The van der Waals surface area contributed by atoms with Crippen molar-refractivity contribution in [3.63, 3.8) is 0 Å². The summed E-state index contributed by atoms with van der Waals surface area (Å²) in [5.74, 6) is -0.475. The number of benzene rings is 1. The Morgan fingerprint density at radius 3 is 2.52 bits per heavy atom. The maximum atomic E-state index is 12.0. The van der Waals surface area contributed by atoms with Gasteiger partial charge in [0.05, 0.1) is 11.1 Å². The number of aromatic nitrogens is 2. The molecular weight excluding hydrogens is 292 g/mol. The molecule has 0 atom stereocenters. The smallest absolute Gasteiger partial charge is 0.275 e. The number of sulfonamides is 1. The fourth-order valence-corrected chi connectivity index (χ4v) is 2.35. The van der Waals surface area contributed by atoms with E-state index in [9.17, 15) is 13.2 Å². The molecule has 0 spiro atoms. The minimum atomic E-state index is -3.84. The molecule has 110 valence electrons. The van der Waals surface area contributed by atoms with E-state index in [2.05, 4.69) is 15.3 Å². The number of aryl methyl sites for hydroxylation is 1. The molecule has 21 heavy (non-hydrogen) atoms. The standard InChI is InChI=1S/C13H14N4O3S/c1-8-5-10(21(14,19)20)6-11(9(8)2)17-13(18)12-7-15-3-4-16-12/h3-7H,1-2H3,(H,17,18)(H2,14,19,20). The lowest BCUT2D eigenvalue weighted by Crippen LogP contribution is -2.17. The Labute approximate surface area is 122 Å². The van der Waals surface area contributed by atoms with Crippen LogP contribution in [0.25, 0.3) is 0 Å². The lowest BCUT2D eigenvalue weighted by molar-refractivity contribution is 0.102. The Balaban J connectivity index is 2.41. The number of nitrogens with one attached hydrogen (secondary N) is 1. The molecule has 0 unspecified atom stereocenters. The van der Waals surface area contributed by atoms with E-state index in [-0.39, 0.29) is 10.6 Å². The molecule has 1 heterocycles. The first-order valence-electron chi connectivity index (χ1n) is 6.00. The largest absolute Gasteiger partial charge is 0.320 e. The minimum absolute atomic E-state index is 0.0555. The Morgan fingerprint density at radius 2 is 1.95 bits per heavy atom. The number of rotatable bonds is 3. The summed E-state index contributed by atoms with van der Waals surface area (Å²) >= 11 is 0. The van der Waals surface area contributed by atoms with Gasteiger partial charge in [-0.2, -0.15) is 0 Å². The Bertz CT molecular complexity index is 789. The second-order valence-electron chi connectivity index (χ2n) is 4.50. The molecule has 0 radical (unpaired) electrons. The third kappa shape index (κ3) is 3.41. The van der Waals surface area contributed by atoms with E-state index in [4.69, 9.17) is 5.14 Å². The number of nitrogens with two attached hydrogens (primary N) is 1. The molecule has 7 nitrogen and oxygen atoms in total. The van der Waals surface area contributed by atoms with Crippen molar-refractivity contribution >= 4 is 21.6 Å². The fourth-order valence-electron chi connectivity index (χ4n) is 1.72. The molecule has 0 aliphatic heterocycles. The van der Waals surface area contributed by atoms with Crippen molar-refractivity contribution in [2.45, 2.75) is 18.7 Å². The van der Waals surface area contributed by atoms with Crippen LogP contribution >= 0.6 is 0 Å². The van der Waals surface area contributed by atoms with Crippen LogP contribution in [0.5, 0.6) is 0 Å². The Hall–Kier alpha value is -2.32. The lowest BCUT2D eigenvalue weighted by atomic mass is 10.1. The highest BCUT2D eigenvalue weighted by Gasteiger charge is 2.15. The van der Waals surface area contributed by atoms with Crippen molar-refractivity contribution in [3.05, 3.63) is 47.5 Å². The van der Waals surface area contributed by atoms with Crippen molar-refractivity contribution in [1.82, 2.24) is 9.97 Å². The zero-order valence-corrected chi connectivity index (χ0v) is 12.3. The predicted octanol–water partition coefficient (Wildman–Crippen LogP) is 0.993. The first-order chi connectivity index (χ1) is 9.79. The van der Waals surface area contributed by atoms with Crippen LogP contribution in [0.4, 0.5) is 5.69 Å². The van der Waals surface area contributed by atoms with Crippen molar-refractivity contribution in [2.24, 2.45) is 5.14 Å². The summed E-state index contributed by atoms with van der Waals surface area (Å²) in [6.07, 6.45) is 4.17. The minimum Gasteiger partial charge on any atom is -0.320 e. The predicted molar refractivity (Wildman–Crippen MR) is 77.3 cm³/mol. The molecule has 0 bridgehead atoms. The summed E-state index contributed by atoms with van der Waals surface area (Å²) in [6.45, 7) is 3.51.